The zero-order valence-electron chi connectivity index (χ0n) is 15.6. The minimum Gasteiger partial charge on any atom is -0.489 e. The fourth-order valence-electron chi connectivity index (χ4n) is 2.50. The molecule has 0 atom stereocenters. The molecule has 0 saturated carbocycles. The number of ether oxygens (including phenoxy) is 1. The summed E-state index contributed by atoms with van der Waals surface area (Å²) in [7, 11) is 0. The highest BCUT2D eigenvalue weighted by Crippen LogP contribution is 2.21. The normalized spacial score (nSPS) is 10.3. The van der Waals surface area contributed by atoms with Crippen LogP contribution in [0.25, 0.3) is 0 Å². The lowest BCUT2D eigenvalue weighted by atomic mass is 10.1. The van der Waals surface area contributed by atoms with E-state index in [1.54, 1.807) is 12.1 Å². The first-order valence-corrected chi connectivity index (χ1v) is 9.98. The van der Waals surface area contributed by atoms with Crippen LogP contribution in [-0.4, -0.2) is 16.6 Å². The number of nitrogens with zero attached hydrogens (tertiary/aromatic N) is 1. The van der Waals surface area contributed by atoms with E-state index in [-0.39, 0.29) is 17.3 Å². The van der Waals surface area contributed by atoms with Crippen LogP contribution in [0, 0.1) is 10.1 Å². The molecule has 0 aliphatic heterocycles. The van der Waals surface area contributed by atoms with Crippen LogP contribution in [0.15, 0.2) is 83.8 Å². The molecule has 0 bridgehead atoms. The van der Waals surface area contributed by atoms with Crippen LogP contribution in [0.2, 0.25) is 0 Å². The molecule has 6 nitrogen and oxygen atoms in total. The number of nitrogens with one attached hydrogen (secondary N) is 1. The Balaban J connectivity index is 1.40. The molecule has 3 aromatic carbocycles. The van der Waals surface area contributed by atoms with Crippen molar-refractivity contribution in [3.63, 3.8) is 0 Å². The fourth-order valence-corrected chi connectivity index (χ4v) is 3.23. The lowest BCUT2D eigenvalue weighted by molar-refractivity contribution is -0.384. The Kier molecular flexibility index (Phi) is 7.24. The molecule has 0 heterocycles. The summed E-state index contributed by atoms with van der Waals surface area (Å²) in [4.78, 5) is 23.0. The number of benzene rings is 3. The van der Waals surface area contributed by atoms with Gasteiger partial charge in [-0.25, -0.2) is 0 Å². The van der Waals surface area contributed by atoms with Gasteiger partial charge in [0.15, 0.2) is 0 Å². The molecule has 0 aromatic heterocycles. The molecule has 1 N–H and O–H groups in total. The van der Waals surface area contributed by atoms with Crippen molar-refractivity contribution in [1.82, 2.24) is 5.32 Å². The number of thioether (sulfide) groups is 1. The summed E-state index contributed by atoms with van der Waals surface area (Å²) in [6, 6.07) is 23.7. The average Bonchev–Trinajstić information content (AvgIpc) is 2.76. The standard InChI is InChI=1S/C22H20N2O4S/c25-22(16-29-21-12-10-19(11-13-21)24(26)27)23-14-17-6-8-18(9-7-17)15-28-20-4-2-1-3-5-20/h1-13H,14-16H2,(H,23,25). The lowest BCUT2D eigenvalue weighted by Crippen LogP contribution is -2.24. The van der Waals surface area contributed by atoms with Crippen molar-refractivity contribution in [3.05, 3.63) is 100 Å². The highest BCUT2D eigenvalue weighted by atomic mass is 32.2. The van der Waals surface area contributed by atoms with Crippen molar-refractivity contribution in [1.29, 1.82) is 0 Å². The minimum atomic E-state index is -0.444. The number of amides is 1. The number of non-ortho nitro benzene ring substituents is 1. The van der Waals surface area contributed by atoms with Crippen LogP contribution in [-0.2, 0) is 17.9 Å². The van der Waals surface area contributed by atoms with Gasteiger partial charge in [-0.05, 0) is 35.4 Å². The number of hydrogen-bond acceptors (Lipinski definition) is 5. The largest absolute Gasteiger partial charge is 0.489 e. The summed E-state index contributed by atoms with van der Waals surface area (Å²) >= 11 is 1.34. The van der Waals surface area contributed by atoms with E-state index < -0.39 is 4.92 Å². The Morgan fingerprint density at radius 3 is 2.24 bits per heavy atom. The Labute approximate surface area is 173 Å². The highest BCUT2D eigenvalue weighted by molar-refractivity contribution is 8.00. The summed E-state index contributed by atoms with van der Waals surface area (Å²) < 4.78 is 5.71. The number of rotatable bonds is 9. The van der Waals surface area contributed by atoms with Crippen LogP contribution in [0.1, 0.15) is 11.1 Å². The molecule has 0 radical (unpaired) electrons. The van der Waals surface area contributed by atoms with Gasteiger partial charge in [-0.1, -0.05) is 42.5 Å². The number of carbonyl (C=O) groups is 1. The van der Waals surface area contributed by atoms with Gasteiger partial charge in [-0.3, -0.25) is 14.9 Å². The van der Waals surface area contributed by atoms with Crippen LogP contribution in [0.4, 0.5) is 5.69 Å². The fraction of sp³-hybridized carbons (Fsp3) is 0.136. The van der Waals surface area contributed by atoms with E-state index in [0.29, 0.717) is 13.2 Å². The van der Waals surface area contributed by atoms with Crippen LogP contribution >= 0.6 is 11.8 Å². The molecule has 0 spiro atoms. The molecule has 3 rings (SSSR count). The number of hydrogen-bond donors (Lipinski definition) is 1. The lowest BCUT2D eigenvalue weighted by Gasteiger charge is -2.08. The molecule has 0 aliphatic rings. The average molecular weight is 408 g/mol. The van der Waals surface area contributed by atoms with E-state index in [1.165, 1.54) is 23.9 Å². The van der Waals surface area contributed by atoms with Gasteiger partial charge < -0.3 is 10.1 Å². The number of nitro benzene ring substituents is 1. The first-order valence-electron chi connectivity index (χ1n) is 9.00. The first-order chi connectivity index (χ1) is 14.1. The van der Waals surface area contributed by atoms with Crippen molar-refractivity contribution < 1.29 is 14.5 Å². The quantitative estimate of drug-likeness (QED) is 0.318. The Morgan fingerprint density at radius 1 is 0.931 bits per heavy atom. The van der Waals surface area contributed by atoms with E-state index >= 15 is 0 Å². The molecule has 0 aliphatic carbocycles. The van der Waals surface area contributed by atoms with Gasteiger partial charge in [-0.2, -0.15) is 0 Å². The molecular formula is C22H20N2O4S. The van der Waals surface area contributed by atoms with Gasteiger partial charge >= 0.3 is 0 Å². The number of para-hydroxylation sites is 1. The van der Waals surface area contributed by atoms with Crippen LogP contribution in [0.5, 0.6) is 5.75 Å². The SMILES string of the molecule is O=C(CSc1ccc([N+](=O)[O-])cc1)NCc1ccc(COc2ccccc2)cc1. The van der Waals surface area contributed by atoms with Crippen molar-refractivity contribution in [3.8, 4) is 5.75 Å². The van der Waals surface area contributed by atoms with E-state index in [2.05, 4.69) is 5.32 Å². The zero-order valence-corrected chi connectivity index (χ0v) is 16.4. The van der Waals surface area contributed by atoms with Crippen molar-refractivity contribution in [2.24, 2.45) is 0 Å². The van der Waals surface area contributed by atoms with Gasteiger partial charge in [0.1, 0.15) is 12.4 Å². The van der Waals surface area contributed by atoms with Gasteiger partial charge in [-0.15, -0.1) is 11.8 Å². The summed E-state index contributed by atoms with van der Waals surface area (Å²) in [6.07, 6.45) is 0. The highest BCUT2D eigenvalue weighted by Gasteiger charge is 2.07. The van der Waals surface area contributed by atoms with Crippen molar-refractivity contribution >= 4 is 23.4 Å². The van der Waals surface area contributed by atoms with E-state index in [0.717, 1.165) is 21.8 Å². The third kappa shape index (κ3) is 6.65. The predicted octanol–water partition coefficient (Wildman–Crippen LogP) is 4.58. The second-order valence-corrected chi connectivity index (χ2v) is 7.28. The topological polar surface area (TPSA) is 81.5 Å². The molecular weight excluding hydrogens is 388 g/mol. The third-order valence-corrected chi connectivity index (χ3v) is 5.09. The van der Waals surface area contributed by atoms with E-state index in [9.17, 15) is 14.9 Å². The summed E-state index contributed by atoms with van der Waals surface area (Å²) in [6.45, 7) is 0.933. The summed E-state index contributed by atoms with van der Waals surface area (Å²) in [5, 5.41) is 13.5. The third-order valence-electron chi connectivity index (χ3n) is 4.08. The Hall–Kier alpha value is -3.32. The molecule has 7 heteroatoms. The molecule has 0 saturated heterocycles. The maximum absolute atomic E-state index is 12.0. The van der Waals surface area contributed by atoms with Gasteiger partial charge in [0.25, 0.3) is 5.69 Å². The predicted molar refractivity (Wildman–Crippen MR) is 113 cm³/mol. The maximum atomic E-state index is 12.0. The first kappa shape index (κ1) is 20.4. The zero-order chi connectivity index (χ0) is 20.5. The van der Waals surface area contributed by atoms with E-state index in [1.807, 2.05) is 54.6 Å². The van der Waals surface area contributed by atoms with Crippen LogP contribution in [0.3, 0.4) is 0 Å². The Bertz CT molecular complexity index is 945. The van der Waals surface area contributed by atoms with Gasteiger partial charge in [0.2, 0.25) is 5.91 Å². The minimum absolute atomic E-state index is 0.0383. The maximum Gasteiger partial charge on any atom is 0.269 e. The summed E-state index contributed by atoms with van der Waals surface area (Å²) in [5.41, 5.74) is 2.09. The second kappa shape index (κ2) is 10.3. The molecule has 29 heavy (non-hydrogen) atoms. The van der Waals surface area contributed by atoms with Crippen molar-refractivity contribution in [2.45, 2.75) is 18.0 Å². The monoisotopic (exact) mass is 408 g/mol. The van der Waals surface area contributed by atoms with Crippen LogP contribution < -0.4 is 10.1 Å². The summed E-state index contributed by atoms with van der Waals surface area (Å²) in [5.74, 6) is 0.986. The Morgan fingerprint density at radius 2 is 1.59 bits per heavy atom. The molecule has 0 fully saturated rings. The second-order valence-electron chi connectivity index (χ2n) is 6.23. The number of carbonyl (C=O) groups excluding carboxylic acids is 1. The molecule has 0 unspecified atom stereocenters. The number of nitro groups is 1. The van der Waals surface area contributed by atoms with Gasteiger partial charge in [0.05, 0.1) is 10.7 Å². The van der Waals surface area contributed by atoms with E-state index in [4.69, 9.17) is 4.74 Å². The van der Waals surface area contributed by atoms with Crippen molar-refractivity contribution in [2.75, 3.05) is 5.75 Å². The molecule has 3 aromatic rings. The molecule has 148 valence electrons. The van der Waals surface area contributed by atoms with Gasteiger partial charge in [0, 0.05) is 23.6 Å². The smallest absolute Gasteiger partial charge is 0.269 e. The molecule has 1 amide bonds.